The molecule has 0 aliphatic heterocycles. The molecule has 0 radical (unpaired) electrons. The van der Waals surface area contributed by atoms with E-state index in [0.717, 1.165) is 37.8 Å². The number of amides is 1. The average Bonchev–Trinajstić information content (AvgIpc) is 2.51. The first-order valence-electron chi connectivity index (χ1n) is 7.63. The molecule has 0 saturated heterocycles. The van der Waals surface area contributed by atoms with E-state index in [9.17, 15) is 13.6 Å². The van der Waals surface area contributed by atoms with E-state index in [4.69, 9.17) is 10.5 Å². The quantitative estimate of drug-likeness (QED) is 0.877. The lowest BCUT2D eigenvalue weighted by atomic mass is 9.84. The highest BCUT2D eigenvalue weighted by atomic mass is 19.2. The number of carbonyl (C=O) groups excluding carboxylic acids is 1. The van der Waals surface area contributed by atoms with Gasteiger partial charge in [-0.25, -0.2) is 8.78 Å². The highest BCUT2D eigenvalue weighted by Crippen LogP contribution is 2.24. The van der Waals surface area contributed by atoms with Gasteiger partial charge in [0.25, 0.3) is 5.91 Å². The van der Waals surface area contributed by atoms with Gasteiger partial charge in [-0.2, -0.15) is 0 Å². The van der Waals surface area contributed by atoms with Crippen LogP contribution >= 0.6 is 0 Å². The van der Waals surface area contributed by atoms with E-state index in [-0.39, 0.29) is 23.6 Å². The van der Waals surface area contributed by atoms with E-state index in [1.165, 1.54) is 6.07 Å². The number of halogens is 2. The van der Waals surface area contributed by atoms with Crippen LogP contribution in [0.15, 0.2) is 18.2 Å². The van der Waals surface area contributed by atoms with Crippen molar-refractivity contribution >= 4 is 5.91 Å². The second-order valence-electron chi connectivity index (χ2n) is 5.73. The lowest BCUT2D eigenvalue weighted by molar-refractivity contribution is -0.128. The van der Waals surface area contributed by atoms with Crippen molar-refractivity contribution in [2.45, 2.75) is 44.8 Å². The Kier molecular flexibility index (Phi) is 5.71. The fourth-order valence-corrected chi connectivity index (χ4v) is 2.79. The largest absolute Gasteiger partial charge is 0.481 e. The lowest BCUT2D eigenvalue weighted by Crippen LogP contribution is -2.48. The van der Waals surface area contributed by atoms with Crippen LogP contribution in [0.5, 0.6) is 5.75 Å². The Balaban J connectivity index is 1.92. The van der Waals surface area contributed by atoms with E-state index >= 15 is 0 Å². The maximum atomic E-state index is 13.1. The molecule has 4 nitrogen and oxygen atoms in total. The first-order chi connectivity index (χ1) is 10.5. The molecule has 3 N–H and O–H groups in total. The van der Waals surface area contributed by atoms with Gasteiger partial charge in [-0.15, -0.1) is 0 Å². The Morgan fingerprint density at radius 2 is 2.09 bits per heavy atom. The summed E-state index contributed by atoms with van der Waals surface area (Å²) in [7, 11) is 0. The predicted octanol–water partition coefficient (Wildman–Crippen LogP) is 2.37. The first kappa shape index (κ1) is 16.7. The smallest absolute Gasteiger partial charge is 0.261 e. The maximum absolute atomic E-state index is 13.1. The summed E-state index contributed by atoms with van der Waals surface area (Å²) < 4.78 is 31.4. The first-order valence-corrected chi connectivity index (χ1v) is 7.63. The van der Waals surface area contributed by atoms with E-state index in [0.29, 0.717) is 6.54 Å². The monoisotopic (exact) mass is 312 g/mol. The van der Waals surface area contributed by atoms with Crippen LogP contribution in [0.4, 0.5) is 8.78 Å². The van der Waals surface area contributed by atoms with Gasteiger partial charge >= 0.3 is 0 Å². The van der Waals surface area contributed by atoms with Crippen molar-refractivity contribution in [1.82, 2.24) is 5.32 Å². The van der Waals surface area contributed by atoms with Crippen LogP contribution in [-0.4, -0.2) is 24.6 Å². The normalized spacial score (nSPS) is 22.9. The Labute approximate surface area is 129 Å². The van der Waals surface area contributed by atoms with Crippen LogP contribution in [0, 0.1) is 17.6 Å². The summed E-state index contributed by atoms with van der Waals surface area (Å²) in [6, 6.07) is 3.26. The molecule has 0 aromatic heterocycles. The average molecular weight is 312 g/mol. The molecule has 22 heavy (non-hydrogen) atoms. The van der Waals surface area contributed by atoms with Gasteiger partial charge in [0.1, 0.15) is 5.75 Å². The van der Waals surface area contributed by atoms with E-state index in [2.05, 4.69) is 5.32 Å². The lowest BCUT2D eigenvalue weighted by Gasteiger charge is -2.32. The van der Waals surface area contributed by atoms with E-state index in [1.807, 2.05) is 0 Å². The highest BCUT2D eigenvalue weighted by molar-refractivity contribution is 5.81. The number of rotatable bonds is 5. The van der Waals surface area contributed by atoms with Gasteiger partial charge < -0.3 is 15.8 Å². The molecule has 1 amide bonds. The maximum Gasteiger partial charge on any atom is 0.261 e. The zero-order valence-corrected chi connectivity index (χ0v) is 12.6. The fourth-order valence-electron chi connectivity index (χ4n) is 2.79. The molecule has 0 bridgehead atoms. The molecule has 1 aromatic rings. The van der Waals surface area contributed by atoms with E-state index in [1.54, 1.807) is 6.92 Å². The van der Waals surface area contributed by atoms with Crippen molar-refractivity contribution in [2.24, 2.45) is 11.7 Å². The van der Waals surface area contributed by atoms with Gasteiger partial charge in [-0.1, -0.05) is 12.8 Å². The van der Waals surface area contributed by atoms with Crippen molar-refractivity contribution < 1.29 is 18.3 Å². The molecule has 1 aromatic carbocycles. The number of nitrogens with two attached hydrogens (primary N) is 1. The third kappa shape index (κ3) is 4.16. The molecule has 1 fully saturated rings. The third-order valence-electron chi connectivity index (χ3n) is 4.11. The Morgan fingerprint density at radius 1 is 1.36 bits per heavy atom. The van der Waals surface area contributed by atoms with Gasteiger partial charge in [0.2, 0.25) is 0 Å². The molecule has 0 spiro atoms. The molecule has 1 aliphatic carbocycles. The van der Waals surface area contributed by atoms with Crippen LogP contribution in [0.25, 0.3) is 0 Å². The molecular weight excluding hydrogens is 290 g/mol. The Bertz CT molecular complexity index is 525. The topological polar surface area (TPSA) is 64.3 Å². The third-order valence-corrected chi connectivity index (χ3v) is 4.11. The van der Waals surface area contributed by atoms with Crippen molar-refractivity contribution in [2.75, 3.05) is 6.54 Å². The van der Waals surface area contributed by atoms with Gasteiger partial charge in [-0.05, 0) is 44.4 Å². The van der Waals surface area contributed by atoms with Crippen molar-refractivity contribution in [3.05, 3.63) is 29.8 Å². The number of hydrogen-bond acceptors (Lipinski definition) is 3. The minimum Gasteiger partial charge on any atom is -0.481 e. The minimum atomic E-state index is -0.999. The summed E-state index contributed by atoms with van der Waals surface area (Å²) in [6.07, 6.45) is 3.34. The van der Waals surface area contributed by atoms with E-state index < -0.39 is 17.7 Å². The number of ether oxygens (including phenoxy) is 1. The molecule has 122 valence electrons. The Morgan fingerprint density at radius 3 is 2.77 bits per heavy atom. The second-order valence-corrected chi connectivity index (χ2v) is 5.73. The van der Waals surface area contributed by atoms with Gasteiger partial charge in [0.05, 0.1) is 0 Å². The van der Waals surface area contributed by atoms with Gasteiger partial charge in [0.15, 0.2) is 17.7 Å². The van der Waals surface area contributed by atoms with Crippen LogP contribution < -0.4 is 15.8 Å². The molecule has 3 atom stereocenters. The Hall–Kier alpha value is -1.69. The van der Waals surface area contributed by atoms with Crippen LogP contribution in [-0.2, 0) is 4.79 Å². The molecule has 3 unspecified atom stereocenters. The van der Waals surface area contributed by atoms with Crippen LogP contribution in [0.3, 0.4) is 0 Å². The summed E-state index contributed by atoms with van der Waals surface area (Å²) in [5, 5.41) is 2.95. The summed E-state index contributed by atoms with van der Waals surface area (Å²) in [5.41, 5.74) is 5.74. The molecular formula is C16H22F2N2O2. The van der Waals surface area contributed by atoms with Crippen LogP contribution in [0.1, 0.15) is 32.6 Å². The molecule has 2 rings (SSSR count). The zero-order chi connectivity index (χ0) is 16.1. The standard InChI is InChI=1S/C16H22F2N2O2/c1-10(22-12-6-7-13(17)14(18)8-12)16(21)20-15-5-3-2-4-11(15)9-19/h6-8,10-11,15H,2-5,9,19H2,1H3,(H,20,21). The number of nitrogens with one attached hydrogen (secondary N) is 1. The highest BCUT2D eigenvalue weighted by Gasteiger charge is 2.27. The van der Waals surface area contributed by atoms with Gasteiger partial charge in [-0.3, -0.25) is 4.79 Å². The summed E-state index contributed by atoms with van der Waals surface area (Å²) in [5.74, 6) is -1.80. The predicted molar refractivity (Wildman–Crippen MR) is 79.4 cm³/mol. The molecule has 1 saturated carbocycles. The van der Waals surface area contributed by atoms with Crippen molar-refractivity contribution in [3.8, 4) is 5.75 Å². The van der Waals surface area contributed by atoms with Crippen molar-refractivity contribution in [1.29, 1.82) is 0 Å². The summed E-state index contributed by atoms with van der Waals surface area (Å²) in [4.78, 5) is 12.2. The fraction of sp³-hybridized carbons (Fsp3) is 0.562. The number of carbonyl (C=O) groups is 1. The summed E-state index contributed by atoms with van der Waals surface area (Å²) in [6.45, 7) is 2.13. The number of benzene rings is 1. The van der Waals surface area contributed by atoms with Crippen LogP contribution in [0.2, 0.25) is 0 Å². The zero-order valence-electron chi connectivity index (χ0n) is 12.6. The van der Waals surface area contributed by atoms with Crippen molar-refractivity contribution in [3.63, 3.8) is 0 Å². The summed E-state index contributed by atoms with van der Waals surface area (Å²) >= 11 is 0. The SMILES string of the molecule is CC(Oc1ccc(F)c(F)c1)C(=O)NC1CCCCC1CN. The van der Waals surface area contributed by atoms with Gasteiger partial charge in [0, 0.05) is 12.1 Å². The minimum absolute atomic E-state index is 0.0576. The second kappa shape index (κ2) is 7.54. The molecule has 6 heteroatoms. The number of hydrogen-bond donors (Lipinski definition) is 2. The molecule has 1 aliphatic rings. The molecule has 0 heterocycles.